The molecule has 0 spiro atoms. The summed E-state index contributed by atoms with van der Waals surface area (Å²) in [4.78, 5) is 103. The summed E-state index contributed by atoms with van der Waals surface area (Å²) < 4.78 is 15.7. The van der Waals surface area contributed by atoms with Crippen LogP contribution in [0.4, 0.5) is 0 Å². The Hall–Kier alpha value is -7.60. The van der Waals surface area contributed by atoms with Crippen molar-refractivity contribution in [1.29, 1.82) is 0 Å². The van der Waals surface area contributed by atoms with Gasteiger partial charge >= 0.3 is 17.9 Å². The summed E-state index contributed by atoms with van der Waals surface area (Å²) in [6.07, 6.45) is 21.2. The number of likely N-dealkylation sites (N-methyl/N-ethyl adjacent to an activating group) is 3. The number of carboxylic acid groups (broad SMARTS) is 1. The van der Waals surface area contributed by atoms with Crippen LogP contribution < -0.4 is 5.73 Å². The Kier molecular flexibility index (Phi) is 25.1. The minimum atomic E-state index is -0.960. The molecular weight excluding hydrogens is 1310 g/mol. The fourth-order valence-electron chi connectivity index (χ4n) is 13.3. The molecule has 3 amide bonds. The Labute approximate surface area is 572 Å². The number of halogens is 1. The van der Waals surface area contributed by atoms with Crippen LogP contribution in [0, 0.1) is 13.8 Å². The maximum absolute atomic E-state index is 13.0. The molecule has 0 radical (unpaired) electrons. The SMILES string of the molecule is CC(N)=S.COC(=O)c1ccc2c(C3CCCCC3)c(-c3cnc(C)s3)n(CC(=O)N(C)C)c2c1.COC(=O)c1ccc2c(C3CCCCC3)c(C(=O)CBr)n(CC(=O)N(C)C)c2c1.Cc1ncc(-c2c(C3CCCCC3)c3ccc(C(=O)O)cc3n2CC(=O)N(C)C)s1. The van der Waals surface area contributed by atoms with Gasteiger partial charge in [-0.2, -0.15) is 0 Å². The molecule has 0 saturated heterocycles. The number of thiazole rings is 2. The fraction of sp³-hybridized carbons (Fsp3) is 0.465. The molecule has 23 heteroatoms. The van der Waals surface area contributed by atoms with E-state index in [-0.39, 0.29) is 65.9 Å². The van der Waals surface area contributed by atoms with E-state index in [1.54, 1.807) is 111 Å². The predicted octanol–water partition coefficient (Wildman–Crippen LogP) is 14.3. The number of ketones is 1. The second-order valence-electron chi connectivity index (χ2n) is 25.1. The molecule has 0 unspecified atom stereocenters. The molecule has 5 heterocycles. The van der Waals surface area contributed by atoms with Gasteiger partial charge in [0.15, 0.2) is 5.78 Å². The summed E-state index contributed by atoms with van der Waals surface area (Å²) in [6, 6.07) is 16.4. The number of fused-ring (bicyclic) bond motifs is 3. The molecule has 3 aliphatic rings. The predicted molar refractivity (Wildman–Crippen MR) is 381 cm³/mol. The van der Waals surface area contributed by atoms with E-state index < -0.39 is 11.9 Å². The van der Waals surface area contributed by atoms with Crippen LogP contribution in [-0.2, 0) is 43.5 Å². The molecule has 0 aliphatic heterocycles. The minimum absolute atomic E-state index is 0.0121. The van der Waals surface area contributed by atoms with Crippen LogP contribution in [0.15, 0.2) is 67.0 Å². The lowest BCUT2D eigenvalue weighted by Gasteiger charge is -2.23. The number of ether oxygens (including phenoxy) is 2. The Balaban J connectivity index is 0.000000176. The zero-order chi connectivity index (χ0) is 68.2. The topological polar surface area (TPSA) is 234 Å². The second kappa shape index (κ2) is 32.7. The van der Waals surface area contributed by atoms with Gasteiger partial charge < -0.3 is 48.7 Å². The van der Waals surface area contributed by atoms with E-state index in [9.17, 15) is 38.7 Å². The number of aryl methyl sites for hydroxylation is 2. The van der Waals surface area contributed by atoms with Gasteiger partial charge in [0, 0.05) is 70.8 Å². The number of carboxylic acids is 1. The number of carbonyl (C=O) groups excluding carboxylic acids is 6. The Morgan fingerprint density at radius 3 is 1.19 bits per heavy atom. The second-order valence-corrected chi connectivity index (χ2v) is 28.7. The normalized spacial score (nSPS) is 14.4. The first-order valence-electron chi connectivity index (χ1n) is 32.1. The molecule has 3 N–H and O–H groups in total. The summed E-state index contributed by atoms with van der Waals surface area (Å²) in [5.74, 6) is -0.810. The van der Waals surface area contributed by atoms with Crippen molar-refractivity contribution < 1.29 is 48.1 Å². The van der Waals surface area contributed by atoms with Crippen molar-refractivity contribution in [3.8, 4) is 21.1 Å². The van der Waals surface area contributed by atoms with Crippen LogP contribution in [-0.4, -0.2) is 152 Å². The monoisotopic (exact) mass is 1400 g/mol. The van der Waals surface area contributed by atoms with Gasteiger partial charge in [0.05, 0.1) is 94.6 Å². The molecule has 3 fully saturated rings. The van der Waals surface area contributed by atoms with Gasteiger partial charge in [0.2, 0.25) is 17.7 Å². The molecule has 11 rings (SSSR count). The number of Topliss-reactive ketones (excluding diaryl/α,β-unsaturated/α-hetero) is 1. The highest BCUT2D eigenvalue weighted by atomic mass is 79.9. The number of nitrogens with two attached hydrogens (primary N) is 1. The van der Waals surface area contributed by atoms with Crippen LogP contribution >= 0.6 is 50.8 Å². The van der Waals surface area contributed by atoms with Crippen LogP contribution in [0.25, 0.3) is 53.9 Å². The Morgan fingerprint density at radius 1 is 0.553 bits per heavy atom. The molecule has 8 aromatic rings. The van der Waals surface area contributed by atoms with Crippen molar-refractivity contribution >= 4 is 130 Å². The number of aromatic nitrogens is 5. The molecule has 5 aromatic heterocycles. The van der Waals surface area contributed by atoms with Crippen molar-refractivity contribution in [2.75, 3.05) is 61.8 Å². The summed E-state index contributed by atoms with van der Waals surface area (Å²) in [5, 5.41) is 14.8. The number of benzene rings is 3. The zero-order valence-electron chi connectivity index (χ0n) is 55.9. The van der Waals surface area contributed by atoms with Crippen molar-refractivity contribution in [2.24, 2.45) is 5.73 Å². The molecule has 0 bridgehead atoms. The number of amides is 3. The van der Waals surface area contributed by atoms with Crippen LogP contribution in [0.2, 0.25) is 0 Å². The van der Waals surface area contributed by atoms with Crippen LogP contribution in [0.1, 0.15) is 189 Å². The fourth-order valence-corrected chi connectivity index (χ4v) is 15.3. The number of methoxy groups -OCH3 is 2. The van der Waals surface area contributed by atoms with E-state index in [4.69, 9.17) is 15.2 Å². The number of aromatic carboxylic acids is 1. The first-order valence-corrected chi connectivity index (χ1v) is 35.2. The lowest BCUT2D eigenvalue weighted by Crippen LogP contribution is -2.28. The van der Waals surface area contributed by atoms with E-state index in [1.807, 2.05) is 61.1 Å². The molecule has 3 aromatic carbocycles. The first kappa shape index (κ1) is 72.2. The van der Waals surface area contributed by atoms with Gasteiger partial charge in [0.25, 0.3) is 0 Å². The van der Waals surface area contributed by atoms with E-state index in [0.29, 0.717) is 33.6 Å². The van der Waals surface area contributed by atoms with Crippen molar-refractivity contribution in [1.82, 2.24) is 38.4 Å². The van der Waals surface area contributed by atoms with Gasteiger partial charge in [-0.1, -0.05) is 104 Å². The van der Waals surface area contributed by atoms with Gasteiger partial charge in [-0.25, -0.2) is 24.4 Å². The molecular formula is C71H88BrN9O10S3. The zero-order valence-corrected chi connectivity index (χ0v) is 59.9. The molecule has 19 nitrogen and oxygen atoms in total. The van der Waals surface area contributed by atoms with E-state index in [0.717, 1.165) is 121 Å². The molecule has 94 heavy (non-hydrogen) atoms. The summed E-state index contributed by atoms with van der Waals surface area (Å²) >= 11 is 10.9. The summed E-state index contributed by atoms with van der Waals surface area (Å²) in [7, 11) is 13.2. The minimum Gasteiger partial charge on any atom is -0.478 e. The number of nitrogens with zero attached hydrogens (tertiary/aromatic N) is 8. The summed E-state index contributed by atoms with van der Waals surface area (Å²) in [6.45, 7) is 6.10. The Morgan fingerprint density at radius 2 is 0.872 bits per heavy atom. The van der Waals surface area contributed by atoms with Crippen molar-refractivity contribution in [3.63, 3.8) is 0 Å². The van der Waals surface area contributed by atoms with Crippen LogP contribution in [0.5, 0.6) is 0 Å². The summed E-state index contributed by atoms with van der Waals surface area (Å²) in [5.41, 5.74) is 14.7. The number of hydrogen-bond acceptors (Lipinski definition) is 14. The molecule has 3 aliphatic carbocycles. The largest absolute Gasteiger partial charge is 0.478 e. The maximum atomic E-state index is 13.0. The highest BCUT2D eigenvalue weighted by Crippen LogP contribution is 2.48. The maximum Gasteiger partial charge on any atom is 0.337 e. The third kappa shape index (κ3) is 16.7. The van der Waals surface area contributed by atoms with E-state index in [1.165, 1.54) is 75.2 Å². The molecule has 0 atom stereocenters. The number of esters is 2. The van der Waals surface area contributed by atoms with Gasteiger partial charge in [0.1, 0.15) is 19.6 Å². The average molecular weight is 1400 g/mol. The smallest absolute Gasteiger partial charge is 0.337 e. The van der Waals surface area contributed by atoms with E-state index >= 15 is 0 Å². The Bertz CT molecular complexity index is 4090. The highest BCUT2D eigenvalue weighted by molar-refractivity contribution is 9.09. The number of thiocarbonyl (C=S) groups is 1. The quantitative estimate of drug-likeness (QED) is 0.0396. The van der Waals surface area contributed by atoms with Gasteiger partial charge in [-0.05, 0) is 130 Å². The van der Waals surface area contributed by atoms with E-state index in [2.05, 4.69) is 42.7 Å². The van der Waals surface area contributed by atoms with Crippen molar-refractivity contribution in [3.05, 3.63) is 116 Å². The van der Waals surface area contributed by atoms with Gasteiger partial charge in [-0.15, -0.1) is 22.7 Å². The lowest BCUT2D eigenvalue weighted by atomic mass is 9.82. The number of carbonyl (C=O) groups is 7. The van der Waals surface area contributed by atoms with Crippen molar-refractivity contribution in [2.45, 2.75) is 154 Å². The first-order chi connectivity index (χ1) is 44.9. The van der Waals surface area contributed by atoms with Crippen LogP contribution in [0.3, 0.4) is 0 Å². The number of alkyl halides is 1. The lowest BCUT2D eigenvalue weighted by molar-refractivity contribution is -0.130. The average Bonchev–Trinajstić information content (AvgIpc) is 1.61. The molecule has 3 saturated carbocycles. The number of rotatable bonds is 16. The standard InChI is InChI=1S/C24H29N3O3S.C23H27N3O3S.C22H27BrN2O4.C2H5NS/c1-15-25-13-20(31-15)23-22(16-8-6-5-7-9-16)18-11-10-17(24(29)30-4)12-19(18)27(23)14-21(28)26(2)3;1-14-24-12-19(30-14)22-21(15-7-5-4-6-8-15)17-10-9-16(23(28)29)11-18(17)26(22)13-20(27)25(2)3;1-24(2)19(27)13-25-17-11-15(22(28)29-3)9-10-16(17)20(21(25)18(26)12-23)14-7-5-4-6-8-14;1-2(3)4/h10-13,16H,5-9,14H2,1-4H3;9-12,15H,4-8,13H2,1-3H3,(H,28,29);9-11,14H,4-8,12-13H2,1-3H3;1H3,(H2,3,4). The third-order valence-corrected chi connectivity index (χ3v) is 20.3. The molecule has 502 valence electrons. The van der Waals surface area contributed by atoms with Gasteiger partial charge in [-0.3, -0.25) is 19.2 Å². The number of hydrogen-bond donors (Lipinski definition) is 2. The highest BCUT2D eigenvalue weighted by Gasteiger charge is 2.33. The third-order valence-electron chi connectivity index (χ3n) is 17.9.